The number of thioether (sulfide) groups is 1. The minimum absolute atomic E-state index is 0.256. The molecule has 0 aromatic heterocycles. The first-order chi connectivity index (χ1) is 8.54. The molecule has 2 fully saturated rings. The van der Waals surface area contributed by atoms with Crippen molar-refractivity contribution in [3.8, 4) is 0 Å². The normalized spacial score (nSPS) is 34.9. The Morgan fingerprint density at radius 3 is 2.78 bits per heavy atom. The van der Waals surface area contributed by atoms with E-state index < -0.39 is 9.84 Å². The Morgan fingerprint density at radius 2 is 2.17 bits per heavy atom. The Bertz CT molecular complexity index is 372. The monoisotopic (exact) mass is 292 g/mol. The topological polar surface area (TPSA) is 49.4 Å². The SMILES string of the molecule is CCS(=O)(=O)C1CSCCN1C[C@@H]1CNC[C@H]1C. The van der Waals surface area contributed by atoms with Gasteiger partial charge in [0.15, 0.2) is 9.84 Å². The fraction of sp³-hybridized carbons (Fsp3) is 1.00. The Hall–Kier alpha value is 0.220. The van der Waals surface area contributed by atoms with Gasteiger partial charge in [0, 0.05) is 30.3 Å². The third-order valence-electron chi connectivity index (χ3n) is 4.15. The van der Waals surface area contributed by atoms with Crippen LogP contribution in [0, 0.1) is 11.8 Å². The molecular weight excluding hydrogens is 268 g/mol. The molecule has 0 aromatic rings. The summed E-state index contributed by atoms with van der Waals surface area (Å²) in [5.41, 5.74) is 0. The lowest BCUT2D eigenvalue weighted by Crippen LogP contribution is -2.50. The van der Waals surface area contributed by atoms with E-state index in [1.165, 1.54) is 0 Å². The molecule has 1 N–H and O–H groups in total. The third kappa shape index (κ3) is 3.21. The van der Waals surface area contributed by atoms with E-state index in [9.17, 15) is 8.42 Å². The van der Waals surface area contributed by atoms with Gasteiger partial charge in [-0.3, -0.25) is 4.90 Å². The van der Waals surface area contributed by atoms with Gasteiger partial charge in [0.25, 0.3) is 0 Å². The highest BCUT2D eigenvalue weighted by Gasteiger charge is 2.35. The van der Waals surface area contributed by atoms with Crippen molar-refractivity contribution in [2.75, 3.05) is 43.4 Å². The zero-order valence-electron chi connectivity index (χ0n) is 11.3. The Kier molecular flexibility index (Phi) is 4.97. The number of hydrogen-bond acceptors (Lipinski definition) is 5. The molecule has 0 spiro atoms. The molecule has 0 amide bonds. The molecule has 18 heavy (non-hydrogen) atoms. The smallest absolute Gasteiger partial charge is 0.166 e. The summed E-state index contributed by atoms with van der Waals surface area (Å²) in [6, 6.07) is 0. The average Bonchev–Trinajstić information content (AvgIpc) is 2.76. The lowest BCUT2D eigenvalue weighted by molar-refractivity contribution is 0.215. The quantitative estimate of drug-likeness (QED) is 0.824. The molecule has 106 valence electrons. The van der Waals surface area contributed by atoms with Crippen LogP contribution < -0.4 is 5.32 Å². The van der Waals surface area contributed by atoms with Crippen LogP contribution in [-0.4, -0.2) is 62.1 Å². The summed E-state index contributed by atoms with van der Waals surface area (Å²) in [6.07, 6.45) is 0. The van der Waals surface area contributed by atoms with Crippen LogP contribution in [0.3, 0.4) is 0 Å². The predicted molar refractivity (Wildman–Crippen MR) is 77.7 cm³/mol. The third-order valence-corrected chi connectivity index (χ3v) is 7.49. The van der Waals surface area contributed by atoms with E-state index in [2.05, 4.69) is 17.1 Å². The molecule has 6 heteroatoms. The maximum absolute atomic E-state index is 12.1. The molecule has 0 radical (unpaired) electrons. The Morgan fingerprint density at radius 1 is 1.39 bits per heavy atom. The van der Waals surface area contributed by atoms with Gasteiger partial charge < -0.3 is 5.32 Å². The molecule has 2 aliphatic rings. The van der Waals surface area contributed by atoms with Gasteiger partial charge in [0.05, 0.1) is 0 Å². The molecule has 4 nitrogen and oxygen atoms in total. The average molecular weight is 292 g/mol. The fourth-order valence-electron chi connectivity index (χ4n) is 2.76. The Balaban J connectivity index is 2.04. The molecule has 2 saturated heterocycles. The lowest BCUT2D eigenvalue weighted by atomic mass is 9.97. The second-order valence-electron chi connectivity index (χ2n) is 5.37. The van der Waals surface area contributed by atoms with Crippen molar-refractivity contribution in [3.05, 3.63) is 0 Å². The predicted octanol–water partition coefficient (Wildman–Crippen LogP) is 0.652. The molecule has 3 atom stereocenters. The van der Waals surface area contributed by atoms with Crippen LogP contribution in [0.2, 0.25) is 0 Å². The largest absolute Gasteiger partial charge is 0.316 e. The number of nitrogens with one attached hydrogen (secondary N) is 1. The van der Waals surface area contributed by atoms with Gasteiger partial charge in [-0.25, -0.2) is 8.42 Å². The van der Waals surface area contributed by atoms with E-state index in [0.717, 1.165) is 37.7 Å². The highest BCUT2D eigenvalue weighted by atomic mass is 32.2. The van der Waals surface area contributed by atoms with Gasteiger partial charge in [0.2, 0.25) is 0 Å². The van der Waals surface area contributed by atoms with E-state index in [1.807, 2.05) is 0 Å². The first kappa shape index (κ1) is 14.6. The van der Waals surface area contributed by atoms with Crippen molar-refractivity contribution >= 4 is 21.6 Å². The number of rotatable bonds is 4. The maximum Gasteiger partial charge on any atom is 0.166 e. The zero-order valence-corrected chi connectivity index (χ0v) is 12.9. The lowest BCUT2D eigenvalue weighted by Gasteiger charge is -2.36. The van der Waals surface area contributed by atoms with Crippen molar-refractivity contribution in [3.63, 3.8) is 0 Å². The molecule has 0 bridgehead atoms. The summed E-state index contributed by atoms with van der Waals surface area (Å²) in [5, 5.41) is 3.14. The molecule has 0 aliphatic carbocycles. The second kappa shape index (κ2) is 6.11. The van der Waals surface area contributed by atoms with Gasteiger partial charge in [-0.05, 0) is 24.9 Å². The number of hydrogen-bond donors (Lipinski definition) is 1. The summed E-state index contributed by atoms with van der Waals surface area (Å²) >= 11 is 1.77. The highest BCUT2D eigenvalue weighted by molar-refractivity contribution is 8.01. The van der Waals surface area contributed by atoms with E-state index in [1.54, 1.807) is 18.7 Å². The van der Waals surface area contributed by atoms with Crippen molar-refractivity contribution in [1.29, 1.82) is 0 Å². The van der Waals surface area contributed by atoms with Gasteiger partial charge in [-0.15, -0.1) is 0 Å². The van der Waals surface area contributed by atoms with Crippen LogP contribution in [0.5, 0.6) is 0 Å². The Labute approximate surface area is 115 Å². The summed E-state index contributed by atoms with van der Waals surface area (Å²) < 4.78 is 24.3. The van der Waals surface area contributed by atoms with Gasteiger partial charge in [-0.1, -0.05) is 13.8 Å². The maximum atomic E-state index is 12.1. The molecule has 0 saturated carbocycles. The van der Waals surface area contributed by atoms with Gasteiger partial charge in [-0.2, -0.15) is 11.8 Å². The number of sulfone groups is 1. The van der Waals surface area contributed by atoms with Crippen LogP contribution in [0.4, 0.5) is 0 Å². The fourth-order valence-corrected chi connectivity index (χ4v) is 5.85. The minimum atomic E-state index is -2.94. The van der Waals surface area contributed by atoms with Crippen LogP contribution >= 0.6 is 11.8 Å². The molecular formula is C12H24N2O2S2. The van der Waals surface area contributed by atoms with Gasteiger partial charge >= 0.3 is 0 Å². The van der Waals surface area contributed by atoms with E-state index >= 15 is 0 Å². The van der Waals surface area contributed by atoms with Crippen molar-refractivity contribution in [2.24, 2.45) is 11.8 Å². The first-order valence-corrected chi connectivity index (χ1v) is 9.65. The summed E-state index contributed by atoms with van der Waals surface area (Å²) in [6.45, 7) is 7.96. The van der Waals surface area contributed by atoms with E-state index in [4.69, 9.17) is 0 Å². The van der Waals surface area contributed by atoms with Crippen molar-refractivity contribution < 1.29 is 8.42 Å². The number of nitrogens with zero attached hydrogens (tertiary/aromatic N) is 1. The van der Waals surface area contributed by atoms with Crippen LogP contribution in [-0.2, 0) is 9.84 Å². The van der Waals surface area contributed by atoms with E-state index in [0.29, 0.717) is 11.8 Å². The van der Waals surface area contributed by atoms with E-state index in [-0.39, 0.29) is 11.1 Å². The van der Waals surface area contributed by atoms with Crippen LogP contribution in [0.15, 0.2) is 0 Å². The van der Waals surface area contributed by atoms with Crippen LogP contribution in [0.1, 0.15) is 13.8 Å². The second-order valence-corrected chi connectivity index (χ2v) is 8.97. The van der Waals surface area contributed by atoms with Crippen LogP contribution in [0.25, 0.3) is 0 Å². The standard InChI is InChI=1S/C12H24N2O2S2/c1-3-18(15,16)12-9-17-5-4-14(12)8-11-7-13-6-10(11)2/h10-13H,3-9H2,1-2H3/t10-,11+,12?/m1/s1. The zero-order chi connectivity index (χ0) is 13.2. The summed E-state index contributed by atoms with van der Waals surface area (Å²) in [7, 11) is -2.94. The minimum Gasteiger partial charge on any atom is -0.316 e. The summed E-state index contributed by atoms with van der Waals surface area (Å²) in [5.74, 6) is 3.31. The van der Waals surface area contributed by atoms with Gasteiger partial charge in [0.1, 0.15) is 5.37 Å². The molecule has 2 aliphatic heterocycles. The highest BCUT2D eigenvalue weighted by Crippen LogP contribution is 2.25. The summed E-state index contributed by atoms with van der Waals surface area (Å²) in [4.78, 5) is 2.21. The first-order valence-electron chi connectivity index (χ1n) is 6.78. The molecule has 2 rings (SSSR count). The molecule has 2 heterocycles. The van der Waals surface area contributed by atoms with Crippen molar-refractivity contribution in [2.45, 2.75) is 19.2 Å². The van der Waals surface area contributed by atoms with Crippen molar-refractivity contribution in [1.82, 2.24) is 10.2 Å². The molecule has 0 aromatic carbocycles. The molecule has 1 unspecified atom stereocenters.